The normalized spacial score (nSPS) is 18.2. The van der Waals surface area contributed by atoms with E-state index in [1.54, 1.807) is 18.2 Å². The minimum absolute atomic E-state index is 0.0294. The van der Waals surface area contributed by atoms with E-state index >= 15 is 0 Å². The van der Waals surface area contributed by atoms with Gasteiger partial charge < -0.3 is 84.1 Å². The van der Waals surface area contributed by atoms with Gasteiger partial charge in [-0.05, 0) is 128 Å². The van der Waals surface area contributed by atoms with E-state index in [9.17, 15) is 66.4 Å². The highest BCUT2D eigenvalue weighted by atomic mass is 32.2. The minimum atomic E-state index is -5.87. The van der Waals surface area contributed by atoms with Gasteiger partial charge in [-0.3, -0.25) is 28.5 Å². The summed E-state index contributed by atoms with van der Waals surface area (Å²) in [5.74, 6) is 5.32. The molecule has 7 atom stereocenters. The second kappa shape index (κ2) is 40.5. The molecular weight excluding hydrogens is 1540 g/mol. The van der Waals surface area contributed by atoms with Crippen LogP contribution in [0.1, 0.15) is 113 Å². The molecule has 9 N–H and O–H groups in total. The maximum Gasteiger partial charge on any atom is 0.490 e. The Morgan fingerprint density at radius 1 is 0.982 bits per heavy atom. The van der Waals surface area contributed by atoms with E-state index < -0.39 is 106 Å². The Labute approximate surface area is 628 Å². The fourth-order valence-corrected chi connectivity index (χ4v) is 15.4. The molecule has 0 radical (unpaired) electrons. The van der Waals surface area contributed by atoms with Gasteiger partial charge in [-0.15, -0.1) is 0 Å². The zero-order valence-corrected chi connectivity index (χ0v) is 64.0. The number of hydrogen-bond donors (Lipinski definition) is 8. The molecule has 1 fully saturated rings. The van der Waals surface area contributed by atoms with Crippen molar-refractivity contribution in [2.75, 3.05) is 95.4 Å². The summed E-state index contributed by atoms with van der Waals surface area (Å²) in [5, 5.41) is 30.0. The molecular formula is C64H82N14O26P3S2-. The third-order valence-electron chi connectivity index (χ3n) is 16.5. The predicted octanol–water partition coefficient (Wildman–Crippen LogP) is 5.69. The summed E-state index contributed by atoms with van der Waals surface area (Å²) in [5.41, 5.74) is 25.8. The molecule has 1 aromatic heterocycles. The number of phosphoric acid groups is 3. The van der Waals surface area contributed by atoms with Crippen LogP contribution in [-0.2, 0) is 85.7 Å². The van der Waals surface area contributed by atoms with Crippen LogP contribution < -0.4 is 52.2 Å². The molecule has 1 saturated heterocycles. The number of aromatic nitrogens is 2. The number of ether oxygens (including phenoxy) is 5. The first-order valence-corrected chi connectivity index (χ1v) is 40.2. The number of hydrogen-bond acceptors (Lipinski definition) is 28. The first-order chi connectivity index (χ1) is 51.6. The topological polar surface area (TPSA) is 570 Å². The largest absolute Gasteiger partial charge is 0.744 e. The molecule has 0 bridgehead atoms. The van der Waals surface area contributed by atoms with Gasteiger partial charge in [0.05, 0.1) is 49.0 Å². The average molecular weight is 1620 g/mol. The number of nitrogens with two attached hydrogens (primary N) is 1. The molecule has 45 heteroatoms. The van der Waals surface area contributed by atoms with Gasteiger partial charge in [0.2, 0.25) is 17.2 Å². The van der Waals surface area contributed by atoms with E-state index in [4.69, 9.17) is 49.2 Å². The highest BCUT2D eigenvalue weighted by molar-refractivity contribution is 7.94. The lowest BCUT2D eigenvalue weighted by Gasteiger charge is -2.30. The van der Waals surface area contributed by atoms with Crippen molar-refractivity contribution < 1.29 is 116 Å². The van der Waals surface area contributed by atoms with Crippen molar-refractivity contribution in [3.05, 3.63) is 156 Å². The third kappa shape index (κ3) is 26.7. The quantitative estimate of drug-likeness (QED) is 0.00199. The molecule has 3 aliphatic heterocycles. The van der Waals surface area contributed by atoms with Gasteiger partial charge in [0.1, 0.15) is 78.6 Å². The SMILES string of the molecule is CC[N+](CC)=c1ccc2c(C(C)(C)C)cc(/C=C/C=C3/N(CCCSOO[O-])c4ccc(S(=O)(=O)[O-])cc4C3(C)CCCC(=O)NCCNC(=O)c3cccc(OCC(N=[N+]=[N-])OCCOCC(=O)NCC#Cc4cn([C@H]5C[C@@H](OCN=[N+]=[N-])[C@@H](COP(=O)(O)OP(=O)(O)OP(=O)(O)O)O5)c(=O)nc4N)c3)oc-2c1. The molecule has 4 aliphatic rings. The lowest BCUT2D eigenvalue weighted by molar-refractivity contribution is -0.777. The summed E-state index contributed by atoms with van der Waals surface area (Å²) >= 11 is 0.824. The lowest BCUT2D eigenvalue weighted by Crippen LogP contribution is -2.35. The van der Waals surface area contributed by atoms with E-state index in [-0.39, 0.29) is 86.3 Å². The van der Waals surface area contributed by atoms with Crippen molar-refractivity contribution in [1.82, 2.24) is 30.1 Å². The summed E-state index contributed by atoms with van der Waals surface area (Å²) in [6, 6.07) is 18.5. The minimum Gasteiger partial charge on any atom is -0.744 e. The predicted molar refractivity (Wildman–Crippen MR) is 387 cm³/mol. The number of fused-ring (bicyclic) bond motifs is 2. The number of benzene rings is 3. The Morgan fingerprint density at radius 3 is 2.45 bits per heavy atom. The summed E-state index contributed by atoms with van der Waals surface area (Å²) in [6.07, 6.45) is 2.57. The highest BCUT2D eigenvalue weighted by Gasteiger charge is 2.45. The van der Waals surface area contributed by atoms with E-state index in [1.165, 1.54) is 24.3 Å². The average Bonchev–Trinajstić information content (AvgIpc) is 1.59. The molecule has 2 aromatic carbocycles. The molecule has 7 rings (SSSR count). The van der Waals surface area contributed by atoms with Gasteiger partial charge in [-0.2, -0.15) is 17.9 Å². The van der Waals surface area contributed by atoms with E-state index in [0.717, 1.165) is 58.1 Å². The molecule has 3 amide bonds. The number of anilines is 2. The number of nitrogens with one attached hydrogen (secondary N) is 3. The van der Waals surface area contributed by atoms with Gasteiger partial charge in [-0.1, -0.05) is 55.0 Å². The van der Waals surface area contributed by atoms with Crippen molar-refractivity contribution in [3.8, 4) is 28.9 Å². The second-order valence-electron chi connectivity index (χ2n) is 25.0. The Morgan fingerprint density at radius 2 is 1.74 bits per heavy atom. The van der Waals surface area contributed by atoms with Crippen LogP contribution in [0.4, 0.5) is 11.5 Å². The molecule has 40 nitrogen and oxygen atoms in total. The number of nitrogen functional groups attached to an aromatic ring is 1. The number of allylic oxidation sites excluding steroid dienone is 3. The molecule has 4 unspecified atom stereocenters. The summed E-state index contributed by atoms with van der Waals surface area (Å²) in [4.78, 5) is 99.9. The maximum absolute atomic E-state index is 13.4. The van der Waals surface area contributed by atoms with Crippen LogP contribution in [0.2, 0.25) is 0 Å². The standard InChI is InChI=1S/C64H83N14O26P3S2/c1-7-76(8-2)44-20-22-48-49(63(3,4)5)34-46(99-52(48)33-44)17-10-18-55-64(6,50-35-47(109(91,92)93)21-23-51(50)77(55)28-13-31-108-102-101-83)24-11-19-56(79)69-26-27-70-61(81)42-14-9-16-45(32-42)96-40-58(73-75-67)95-30-29-94-39-57(80)68-25-12-15-43-37-78(62(82)72-60(43)65)59-36-53(97-41-71-74-66)54(100-59)38-98-106(87,88)104-107(89,90)103-105(84,85)86/h9-10,14,16-18,20-23,32-35,37,53-54,58-59H,7-8,11,13,19,24-31,36,38-41H2,1-6H3,(H10-,65,68,69,70,72,79,80,81,82,83,84,85,86,87,88,89,90,91,92,93)/p-1/t53-,54-,58?,59-,64?/m1/s1. The van der Waals surface area contributed by atoms with Crippen LogP contribution in [-0.4, -0.2) is 163 Å². The Hall–Kier alpha value is -8.39. The first-order valence-electron chi connectivity index (χ1n) is 33.3. The maximum atomic E-state index is 13.4. The molecule has 0 saturated carbocycles. The monoisotopic (exact) mass is 1620 g/mol. The number of phosphoric ester groups is 1. The van der Waals surface area contributed by atoms with Crippen LogP contribution in [0.5, 0.6) is 5.75 Å². The van der Waals surface area contributed by atoms with Gasteiger partial charge in [0.15, 0.2) is 6.23 Å². The van der Waals surface area contributed by atoms with E-state index in [2.05, 4.69) is 127 Å². The zero-order chi connectivity index (χ0) is 79.7. The van der Waals surface area contributed by atoms with Crippen molar-refractivity contribution >= 4 is 80.9 Å². The molecule has 3 aromatic rings. The Bertz CT molecular complexity index is 4660. The Kier molecular flexibility index (Phi) is 32.7. The van der Waals surface area contributed by atoms with Crippen LogP contribution in [0, 0.1) is 11.8 Å². The molecule has 1 aliphatic carbocycles. The Balaban J connectivity index is 0.873. The molecule has 0 spiro atoms. The smallest absolute Gasteiger partial charge is 0.490 e. The van der Waals surface area contributed by atoms with E-state index in [1.807, 2.05) is 42.2 Å². The van der Waals surface area contributed by atoms with Gasteiger partial charge in [-0.25, -0.2) is 31.5 Å². The molecule has 109 heavy (non-hydrogen) atoms. The summed E-state index contributed by atoms with van der Waals surface area (Å²) < 4.78 is 127. The fraction of sp³-hybridized carbons (Fsp3) is 0.469. The number of azide groups is 2. The lowest BCUT2D eigenvalue weighted by atomic mass is 9.77. The van der Waals surface area contributed by atoms with Crippen molar-refractivity contribution in [3.63, 3.8) is 0 Å². The van der Waals surface area contributed by atoms with Crippen LogP contribution in [0.15, 0.2) is 115 Å². The fourth-order valence-electron chi connectivity index (χ4n) is 11.5. The van der Waals surface area contributed by atoms with Gasteiger partial charge in [0.25, 0.3) is 5.91 Å². The number of carbonyl (C=O) groups is 3. The number of carbonyl (C=O) groups excluding carboxylic acids is 3. The summed E-state index contributed by atoms with van der Waals surface area (Å²) in [7, 11) is -22.1. The number of amides is 3. The summed E-state index contributed by atoms with van der Waals surface area (Å²) in [6.45, 7) is 11.6. The molecule has 592 valence electrons. The van der Waals surface area contributed by atoms with Crippen molar-refractivity contribution in [2.24, 2.45) is 10.2 Å². The highest BCUT2D eigenvalue weighted by Crippen LogP contribution is 2.66. The van der Waals surface area contributed by atoms with Gasteiger partial charge in [0, 0.05) is 100 Å². The number of rotatable bonds is 41. The van der Waals surface area contributed by atoms with Crippen LogP contribution in [0.3, 0.4) is 0 Å². The zero-order valence-electron chi connectivity index (χ0n) is 59.7. The second-order valence-corrected chi connectivity index (χ2v) is 31.6. The van der Waals surface area contributed by atoms with Gasteiger partial charge >= 0.3 is 29.2 Å². The third-order valence-corrected chi connectivity index (χ3v) is 21.7. The molecule has 4 heterocycles. The first kappa shape index (κ1) is 87.8. The van der Waals surface area contributed by atoms with Crippen LogP contribution in [0.25, 0.3) is 38.3 Å². The van der Waals surface area contributed by atoms with Crippen LogP contribution >= 0.6 is 35.5 Å². The van der Waals surface area contributed by atoms with Crippen molar-refractivity contribution in [1.29, 1.82) is 0 Å². The number of nitrogens with zero attached hydrogens (tertiary/aromatic N) is 10. The van der Waals surface area contributed by atoms with Crippen molar-refractivity contribution in [2.45, 2.75) is 114 Å². The van der Waals surface area contributed by atoms with E-state index in [0.29, 0.717) is 54.3 Å².